The number of hydrogen-bond donors (Lipinski definition) is 1. The first-order valence-electron chi connectivity index (χ1n) is 5.23. The Labute approximate surface area is 77.2 Å². The molecule has 0 aromatic rings. The molecular weight excluding hydrogens is 146 g/mol. The van der Waals surface area contributed by atoms with Crippen molar-refractivity contribution in [1.82, 2.24) is 5.32 Å². The Hall–Kier alpha value is -0.300. The maximum Gasteiger partial charge on any atom is -0.00432 e. The fourth-order valence-corrected chi connectivity index (χ4v) is 1.52. The zero-order chi connectivity index (χ0) is 9.40. The van der Waals surface area contributed by atoms with Crippen LogP contribution in [0.15, 0.2) is 12.2 Å². The van der Waals surface area contributed by atoms with Crippen LogP contribution in [0.1, 0.15) is 40.0 Å². The predicted octanol–water partition coefficient (Wildman–Crippen LogP) is 2.98. The molecule has 1 fully saturated rings. The molecule has 1 nitrogen and oxygen atoms in total. The minimum atomic E-state index is 0.811. The van der Waals surface area contributed by atoms with E-state index in [9.17, 15) is 0 Å². The van der Waals surface area contributed by atoms with Gasteiger partial charge in [0.25, 0.3) is 0 Å². The van der Waals surface area contributed by atoms with Crippen molar-refractivity contribution in [2.75, 3.05) is 13.1 Å². The molecule has 0 aliphatic carbocycles. The molecule has 1 rings (SSSR count). The number of piperidine rings is 1. The molecule has 72 valence electrons. The minimum absolute atomic E-state index is 0.811. The second-order valence-electron chi connectivity index (χ2n) is 3.04. The summed E-state index contributed by atoms with van der Waals surface area (Å²) in [5.74, 6) is 0.811. The van der Waals surface area contributed by atoms with E-state index in [1.54, 1.807) is 0 Å². The van der Waals surface area contributed by atoms with Crippen LogP contribution in [0.3, 0.4) is 0 Å². The third-order valence-electron chi connectivity index (χ3n) is 2.37. The summed E-state index contributed by atoms with van der Waals surface area (Å²) < 4.78 is 0. The van der Waals surface area contributed by atoms with Gasteiger partial charge in [-0.1, -0.05) is 32.9 Å². The molecule has 0 saturated carbocycles. The van der Waals surface area contributed by atoms with Crippen molar-refractivity contribution in [1.29, 1.82) is 0 Å². The molecule has 1 N–H and O–H groups in total. The predicted molar refractivity (Wildman–Crippen MR) is 56.4 cm³/mol. The van der Waals surface area contributed by atoms with Crippen LogP contribution in [0.4, 0.5) is 0 Å². The molecule has 1 heteroatoms. The fourth-order valence-electron chi connectivity index (χ4n) is 1.52. The van der Waals surface area contributed by atoms with E-state index in [0.29, 0.717) is 0 Å². The summed E-state index contributed by atoms with van der Waals surface area (Å²) >= 11 is 0. The summed E-state index contributed by atoms with van der Waals surface area (Å²) in [5, 5.41) is 3.35. The average Bonchev–Trinajstić information content (AvgIpc) is 2.21. The lowest BCUT2D eigenvalue weighted by Crippen LogP contribution is -2.28. The van der Waals surface area contributed by atoms with E-state index in [1.165, 1.54) is 31.5 Å². The Morgan fingerprint density at radius 3 is 2.25 bits per heavy atom. The molecule has 0 aromatic carbocycles. The van der Waals surface area contributed by atoms with Gasteiger partial charge >= 0.3 is 0 Å². The van der Waals surface area contributed by atoms with Crippen molar-refractivity contribution >= 4 is 0 Å². The van der Waals surface area contributed by atoms with Gasteiger partial charge in [-0.25, -0.2) is 0 Å². The molecule has 1 heterocycles. The van der Waals surface area contributed by atoms with E-state index in [1.807, 2.05) is 13.8 Å². The Morgan fingerprint density at radius 2 is 1.83 bits per heavy atom. The van der Waals surface area contributed by atoms with Crippen LogP contribution < -0.4 is 5.32 Å². The van der Waals surface area contributed by atoms with E-state index >= 15 is 0 Å². The highest BCUT2D eigenvalue weighted by Gasteiger charge is 2.13. The molecule has 0 spiro atoms. The van der Waals surface area contributed by atoms with Gasteiger partial charge in [-0.05, 0) is 38.3 Å². The molecule has 0 radical (unpaired) electrons. The first kappa shape index (κ1) is 11.7. The van der Waals surface area contributed by atoms with Crippen LogP contribution in [0, 0.1) is 5.92 Å². The summed E-state index contributed by atoms with van der Waals surface area (Å²) in [6, 6.07) is 0. The molecule has 0 bridgehead atoms. The monoisotopic (exact) mass is 169 g/mol. The highest BCUT2D eigenvalue weighted by atomic mass is 14.9. The quantitative estimate of drug-likeness (QED) is 0.627. The van der Waals surface area contributed by atoms with Gasteiger partial charge in [0, 0.05) is 0 Å². The molecule has 0 amide bonds. The van der Waals surface area contributed by atoms with Crippen LogP contribution >= 0.6 is 0 Å². The minimum Gasteiger partial charge on any atom is -0.317 e. The second kappa shape index (κ2) is 7.35. The number of nitrogens with one attached hydrogen (secondary N) is 1. The van der Waals surface area contributed by atoms with E-state index < -0.39 is 0 Å². The topological polar surface area (TPSA) is 12.0 Å². The number of allylic oxidation sites excluding steroid dienone is 1. The average molecular weight is 169 g/mol. The van der Waals surface area contributed by atoms with E-state index in [0.717, 1.165) is 12.3 Å². The van der Waals surface area contributed by atoms with E-state index in [4.69, 9.17) is 0 Å². The smallest absolute Gasteiger partial charge is 0.00432 e. The molecular formula is C11H23N. The Bertz CT molecular complexity index is 112. The lowest BCUT2D eigenvalue weighted by atomic mass is 9.90. The van der Waals surface area contributed by atoms with Crippen LogP contribution in [-0.4, -0.2) is 13.1 Å². The summed E-state index contributed by atoms with van der Waals surface area (Å²) in [4.78, 5) is 0. The first-order chi connectivity index (χ1) is 5.84. The van der Waals surface area contributed by atoms with Gasteiger partial charge < -0.3 is 5.32 Å². The van der Waals surface area contributed by atoms with Gasteiger partial charge in [0.15, 0.2) is 0 Å². The molecule has 1 saturated heterocycles. The third kappa shape index (κ3) is 3.91. The zero-order valence-electron chi connectivity index (χ0n) is 8.82. The van der Waals surface area contributed by atoms with Crippen molar-refractivity contribution in [3.63, 3.8) is 0 Å². The number of rotatable bonds is 2. The van der Waals surface area contributed by atoms with Crippen LogP contribution in [-0.2, 0) is 0 Å². The van der Waals surface area contributed by atoms with Crippen LogP contribution in [0.5, 0.6) is 0 Å². The van der Waals surface area contributed by atoms with Gasteiger partial charge in [-0.2, -0.15) is 0 Å². The summed E-state index contributed by atoms with van der Waals surface area (Å²) in [6.07, 6.45) is 3.75. The maximum atomic E-state index is 4.07. The van der Waals surface area contributed by atoms with Gasteiger partial charge in [0.2, 0.25) is 0 Å². The second-order valence-corrected chi connectivity index (χ2v) is 3.04. The van der Waals surface area contributed by atoms with Crippen molar-refractivity contribution in [2.45, 2.75) is 40.0 Å². The van der Waals surface area contributed by atoms with E-state index in [-0.39, 0.29) is 0 Å². The van der Waals surface area contributed by atoms with Gasteiger partial charge in [0.1, 0.15) is 0 Å². The van der Waals surface area contributed by atoms with Crippen molar-refractivity contribution in [2.24, 2.45) is 5.92 Å². The Morgan fingerprint density at radius 1 is 1.33 bits per heavy atom. The summed E-state index contributed by atoms with van der Waals surface area (Å²) in [7, 11) is 0. The maximum absolute atomic E-state index is 4.07. The largest absolute Gasteiger partial charge is 0.317 e. The van der Waals surface area contributed by atoms with Crippen LogP contribution in [0.2, 0.25) is 0 Å². The number of hydrogen-bond acceptors (Lipinski definition) is 1. The molecule has 0 aromatic heterocycles. The Balaban J connectivity index is 0.000000561. The van der Waals surface area contributed by atoms with Gasteiger partial charge in [-0.15, -0.1) is 0 Å². The highest BCUT2D eigenvalue weighted by Crippen LogP contribution is 2.21. The molecule has 1 aliphatic rings. The molecule has 0 atom stereocenters. The SMILES string of the molecule is C=C(CC)C1CCNCC1.CC. The summed E-state index contributed by atoms with van der Waals surface area (Å²) in [5.41, 5.74) is 1.45. The van der Waals surface area contributed by atoms with E-state index in [2.05, 4.69) is 18.8 Å². The van der Waals surface area contributed by atoms with Gasteiger partial charge in [-0.3, -0.25) is 0 Å². The summed E-state index contributed by atoms with van der Waals surface area (Å²) in [6.45, 7) is 12.6. The van der Waals surface area contributed by atoms with Crippen molar-refractivity contribution in [3.05, 3.63) is 12.2 Å². The highest BCUT2D eigenvalue weighted by molar-refractivity contribution is 5.00. The fraction of sp³-hybridized carbons (Fsp3) is 0.818. The first-order valence-corrected chi connectivity index (χ1v) is 5.23. The molecule has 12 heavy (non-hydrogen) atoms. The normalized spacial score (nSPS) is 17.9. The molecule has 0 unspecified atom stereocenters. The lowest BCUT2D eigenvalue weighted by molar-refractivity contribution is 0.414. The zero-order valence-corrected chi connectivity index (χ0v) is 8.82. The van der Waals surface area contributed by atoms with Gasteiger partial charge in [0.05, 0.1) is 0 Å². The third-order valence-corrected chi connectivity index (χ3v) is 2.37. The van der Waals surface area contributed by atoms with Crippen LogP contribution in [0.25, 0.3) is 0 Å². The molecule has 1 aliphatic heterocycles. The lowest BCUT2D eigenvalue weighted by Gasteiger charge is -2.23. The van der Waals surface area contributed by atoms with Crippen molar-refractivity contribution < 1.29 is 0 Å². The standard InChI is InChI=1S/C9H17N.C2H6/c1-3-8(2)9-4-6-10-7-5-9;1-2/h9-10H,2-7H2,1H3;1-2H3. The van der Waals surface area contributed by atoms with Crippen molar-refractivity contribution in [3.8, 4) is 0 Å². The Kier molecular flexibility index (Phi) is 7.17.